The van der Waals surface area contributed by atoms with E-state index in [-0.39, 0.29) is 0 Å². The third-order valence-electron chi connectivity index (χ3n) is 2.88. The van der Waals surface area contributed by atoms with Gasteiger partial charge in [0.2, 0.25) is 0 Å². The number of hydrogen-bond donors (Lipinski definition) is 0. The van der Waals surface area contributed by atoms with Gasteiger partial charge in [-0.15, -0.1) is 0 Å². The molecule has 0 aromatic heterocycles. The van der Waals surface area contributed by atoms with Crippen molar-refractivity contribution in [2.75, 3.05) is 0 Å². The first-order valence-electron chi connectivity index (χ1n) is 6.01. The largest absolute Gasteiger partial charge is 0.489 e. The van der Waals surface area contributed by atoms with E-state index in [1.807, 2.05) is 30.3 Å². The van der Waals surface area contributed by atoms with Crippen molar-refractivity contribution < 1.29 is 4.74 Å². The average molecular weight is 316 g/mol. The molecule has 0 bridgehead atoms. The summed E-state index contributed by atoms with van der Waals surface area (Å²) in [7, 11) is 0. The van der Waals surface area contributed by atoms with E-state index < -0.39 is 0 Å². The molecule has 3 heteroatoms. The molecule has 0 spiro atoms. The Morgan fingerprint density at radius 1 is 1.16 bits per heavy atom. The topological polar surface area (TPSA) is 33.0 Å². The highest BCUT2D eigenvalue weighted by Gasteiger charge is 2.05. The monoisotopic (exact) mass is 315 g/mol. The Bertz CT molecular complexity index is 616. The van der Waals surface area contributed by atoms with Gasteiger partial charge in [-0.2, -0.15) is 5.26 Å². The van der Waals surface area contributed by atoms with E-state index in [1.165, 1.54) is 5.56 Å². The SMILES string of the molecule is Cc1ccc(OCc2ccccc2C#N)c(CBr)c1. The predicted octanol–water partition coefficient (Wildman–Crippen LogP) is 4.34. The van der Waals surface area contributed by atoms with E-state index in [9.17, 15) is 0 Å². The Morgan fingerprint density at radius 2 is 1.95 bits per heavy atom. The number of aryl methyl sites for hydroxylation is 1. The zero-order valence-corrected chi connectivity index (χ0v) is 12.3. The van der Waals surface area contributed by atoms with Crippen LogP contribution in [0, 0.1) is 18.3 Å². The normalized spacial score (nSPS) is 9.95. The molecule has 2 nitrogen and oxygen atoms in total. The molecule has 2 aromatic carbocycles. The second kappa shape index (κ2) is 6.40. The van der Waals surface area contributed by atoms with Crippen LogP contribution in [-0.2, 0) is 11.9 Å². The molecule has 0 saturated carbocycles. The van der Waals surface area contributed by atoms with Crippen LogP contribution in [0.15, 0.2) is 42.5 Å². The van der Waals surface area contributed by atoms with E-state index in [0.29, 0.717) is 12.2 Å². The molecule has 0 N–H and O–H groups in total. The molecule has 0 aliphatic carbocycles. The standard InChI is InChI=1S/C16H14BrNO/c1-12-6-7-16(15(8-12)9-17)19-11-14-5-3-2-4-13(14)10-18/h2-8H,9,11H2,1H3. The molecule has 2 aromatic rings. The van der Waals surface area contributed by atoms with Gasteiger partial charge >= 0.3 is 0 Å². The van der Waals surface area contributed by atoms with E-state index >= 15 is 0 Å². The van der Waals surface area contributed by atoms with Gasteiger partial charge in [-0.25, -0.2) is 0 Å². The van der Waals surface area contributed by atoms with Crippen LogP contribution >= 0.6 is 15.9 Å². The molecule has 96 valence electrons. The first-order valence-corrected chi connectivity index (χ1v) is 7.13. The van der Waals surface area contributed by atoms with Crippen LogP contribution in [0.25, 0.3) is 0 Å². The Labute approximate surface area is 121 Å². The number of alkyl halides is 1. The summed E-state index contributed by atoms with van der Waals surface area (Å²) < 4.78 is 5.83. The summed E-state index contributed by atoms with van der Waals surface area (Å²) in [6.45, 7) is 2.47. The highest BCUT2D eigenvalue weighted by Crippen LogP contribution is 2.23. The van der Waals surface area contributed by atoms with E-state index in [1.54, 1.807) is 6.07 Å². The van der Waals surface area contributed by atoms with Gasteiger partial charge in [-0.1, -0.05) is 51.8 Å². The molecular weight excluding hydrogens is 302 g/mol. The average Bonchev–Trinajstić information content (AvgIpc) is 2.46. The maximum atomic E-state index is 9.04. The minimum absolute atomic E-state index is 0.410. The molecular formula is C16H14BrNO. The third-order valence-corrected chi connectivity index (χ3v) is 3.49. The first-order chi connectivity index (χ1) is 9.24. The smallest absolute Gasteiger partial charge is 0.123 e. The summed E-state index contributed by atoms with van der Waals surface area (Å²) in [6, 6.07) is 15.8. The molecule has 0 amide bonds. The van der Waals surface area contributed by atoms with Crippen molar-refractivity contribution in [3.63, 3.8) is 0 Å². The number of nitrogens with zero attached hydrogens (tertiary/aromatic N) is 1. The van der Waals surface area contributed by atoms with Gasteiger partial charge in [0, 0.05) is 16.5 Å². The Hall–Kier alpha value is -1.79. The lowest BCUT2D eigenvalue weighted by Crippen LogP contribution is -2.00. The number of ether oxygens (including phenoxy) is 1. The van der Waals surface area contributed by atoms with Crippen molar-refractivity contribution in [1.29, 1.82) is 5.26 Å². The summed E-state index contributed by atoms with van der Waals surface area (Å²) in [5.41, 5.74) is 3.90. The second-order valence-electron chi connectivity index (χ2n) is 4.30. The van der Waals surface area contributed by atoms with Gasteiger partial charge in [0.15, 0.2) is 0 Å². The van der Waals surface area contributed by atoms with Gasteiger partial charge in [-0.05, 0) is 19.1 Å². The molecule has 0 heterocycles. The Kier molecular flexibility index (Phi) is 4.59. The molecule has 0 radical (unpaired) electrons. The van der Waals surface area contributed by atoms with Crippen LogP contribution in [-0.4, -0.2) is 0 Å². The minimum atomic E-state index is 0.410. The maximum absolute atomic E-state index is 9.04. The van der Waals surface area contributed by atoms with Crippen molar-refractivity contribution in [3.8, 4) is 11.8 Å². The Balaban J connectivity index is 2.17. The summed E-state index contributed by atoms with van der Waals surface area (Å²) in [5, 5.41) is 9.79. The molecule has 19 heavy (non-hydrogen) atoms. The fourth-order valence-corrected chi connectivity index (χ4v) is 2.30. The van der Waals surface area contributed by atoms with Gasteiger partial charge in [0.05, 0.1) is 11.6 Å². The molecule has 0 aliphatic rings. The van der Waals surface area contributed by atoms with Gasteiger partial charge in [0.1, 0.15) is 12.4 Å². The number of nitriles is 1. The van der Waals surface area contributed by atoms with Gasteiger partial charge < -0.3 is 4.74 Å². The zero-order valence-electron chi connectivity index (χ0n) is 10.7. The van der Waals surface area contributed by atoms with Gasteiger partial charge in [-0.3, -0.25) is 0 Å². The van der Waals surface area contributed by atoms with Crippen molar-refractivity contribution in [2.24, 2.45) is 0 Å². The molecule has 0 unspecified atom stereocenters. The van der Waals surface area contributed by atoms with E-state index in [0.717, 1.165) is 22.2 Å². The van der Waals surface area contributed by atoms with Crippen molar-refractivity contribution >= 4 is 15.9 Å². The first kappa shape index (κ1) is 13.6. The highest BCUT2D eigenvalue weighted by molar-refractivity contribution is 9.08. The number of halogens is 1. The van der Waals surface area contributed by atoms with E-state index in [4.69, 9.17) is 10.00 Å². The Morgan fingerprint density at radius 3 is 2.68 bits per heavy atom. The lowest BCUT2D eigenvalue weighted by atomic mass is 10.1. The van der Waals surface area contributed by atoms with Crippen LogP contribution in [0.3, 0.4) is 0 Å². The van der Waals surface area contributed by atoms with E-state index in [2.05, 4.69) is 35.0 Å². The number of benzene rings is 2. The van der Waals surface area contributed by atoms with Crippen molar-refractivity contribution in [2.45, 2.75) is 18.9 Å². The molecule has 2 rings (SSSR count). The summed E-state index contributed by atoms with van der Waals surface area (Å²) in [4.78, 5) is 0. The number of rotatable bonds is 4. The van der Waals surface area contributed by atoms with Crippen LogP contribution in [0.4, 0.5) is 0 Å². The summed E-state index contributed by atoms with van der Waals surface area (Å²) >= 11 is 3.46. The van der Waals surface area contributed by atoms with Crippen molar-refractivity contribution in [3.05, 3.63) is 64.7 Å². The molecule has 0 aliphatic heterocycles. The fourth-order valence-electron chi connectivity index (χ4n) is 1.86. The minimum Gasteiger partial charge on any atom is -0.489 e. The molecule has 0 fully saturated rings. The van der Waals surface area contributed by atoms with Gasteiger partial charge in [0.25, 0.3) is 0 Å². The lowest BCUT2D eigenvalue weighted by molar-refractivity contribution is 0.303. The summed E-state index contributed by atoms with van der Waals surface area (Å²) in [5.74, 6) is 0.857. The second-order valence-corrected chi connectivity index (χ2v) is 4.86. The van der Waals surface area contributed by atoms with Crippen LogP contribution in [0.5, 0.6) is 5.75 Å². The molecule has 0 saturated heterocycles. The maximum Gasteiger partial charge on any atom is 0.123 e. The quantitative estimate of drug-likeness (QED) is 0.786. The van der Waals surface area contributed by atoms with Crippen LogP contribution < -0.4 is 4.74 Å². The van der Waals surface area contributed by atoms with Crippen molar-refractivity contribution in [1.82, 2.24) is 0 Å². The predicted molar refractivity (Wildman–Crippen MR) is 79.3 cm³/mol. The zero-order chi connectivity index (χ0) is 13.7. The van der Waals surface area contributed by atoms with Crippen LogP contribution in [0.2, 0.25) is 0 Å². The molecule has 0 atom stereocenters. The third kappa shape index (κ3) is 3.36. The fraction of sp³-hybridized carbons (Fsp3) is 0.188. The lowest BCUT2D eigenvalue weighted by Gasteiger charge is -2.11. The van der Waals surface area contributed by atoms with Crippen LogP contribution in [0.1, 0.15) is 22.3 Å². The highest BCUT2D eigenvalue weighted by atomic mass is 79.9. The number of hydrogen-bond acceptors (Lipinski definition) is 2. The summed E-state index contributed by atoms with van der Waals surface area (Å²) in [6.07, 6.45) is 0.